The second-order valence-corrected chi connectivity index (χ2v) is 3.77. The standard InChI is InChI=1S/C8H6Cl2O2S/c9-4-1-2-5(6(10)3-4)7(13)8(11)12/h1-3,7,13H,(H,11,12). The van der Waals surface area contributed by atoms with E-state index in [1.165, 1.54) is 6.07 Å². The lowest BCUT2D eigenvalue weighted by Crippen LogP contribution is -2.05. The summed E-state index contributed by atoms with van der Waals surface area (Å²) < 4.78 is 0. The van der Waals surface area contributed by atoms with Crippen LogP contribution < -0.4 is 0 Å². The summed E-state index contributed by atoms with van der Waals surface area (Å²) in [7, 11) is 0. The van der Waals surface area contributed by atoms with E-state index in [1.54, 1.807) is 12.1 Å². The van der Waals surface area contributed by atoms with Gasteiger partial charge in [-0.1, -0.05) is 29.3 Å². The first kappa shape index (κ1) is 10.7. The van der Waals surface area contributed by atoms with E-state index in [0.29, 0.717) is 15.6 Å². The van der Waals surface area contributed by atoms with Gasteiger partial charge >= 0.3 is 5.97 Å². The van der Waals surface area contributed by atoms with Crippen molar-refractivity contribution in [2.45, 2.75) is 5.25 Å². The quantitative estimate of drug-likeness (QED) is 0.775. The molecule has 1 rings (SSSR count). The number of hydrogen-bond donors (Lipinski definition) is 2. The van der Waals surface area contributed by atoms with Gasteiger partial charge in [-0.15, -0.1) is 0 Å². The Balaban J connectivity index is 3.08. The van der Waals surface area contributed by atoms with Gasteiger partial charge in [0.2, 0.25) is 0 Å². The molecule has 0 saturated carbocycles. The van der Waals surface area contributed by atoms with Gasteiger partial charge in [-0.05, 0) is 17.7 Å². The number of aliphatic carboxylic acids is 1. The van der Waals surface area contributed by atoms with Crippen LogP contribution in [0.4, 0.5) is 0 Å². The molecule has 0 aliphatic carbocycles. The molecule has 1 unspecified atom stereocenters. The van der Waals surface area contributed by atoms with Crippen molar-refractivity contribution < 1.29 is 9.90 Å². The van der Waals surface area contributed by atoms with E-state index in [0.717, 1.165) is 0 Å². The lowest BCUT2D eigenvalue weighted by atomic mass is 10.1. The zero-order valence-corrected chi connectivity index (χ0v) is 8.77. The summed E-state index contributed by atoms with van der Waals surface area (Å²) in [6.07, 6.45) is 0. The highest BCUT2D eigenvalue weighted by Crippen LogP contribution is 2.29. The first-order chi connectivity index (χ1) is 6.02. The van der Waals surface area contributed by atoms with Crippen LogP contribution in [-0.2, 0) is 4.79 Å². The number of benzene rings is 1. The molecule has 13 heavy (non-hydrogen) atoms. The highest BCUT2D eigenvalue weighted by Gasteiger charge is 2.17. The molecule has 0 aliphatic rings. The molecule has 1 N–H and O–H groups in total. The molecule has 0 fully saturated rings. The number of thiol groups is 1. The third-order valence-corrected chi connectivity index (χ3v) is 2.55. The lowest BCUT2D eigenvalue weighted by Gasteiger charge is -2.07. The molecule has 2 nitrogen and oxygen atoms in total. The molecule has 0 aromatic heterocycles. The summed E-state index contributed by atoms with van der Waals surface area (Å²) in [5.74, 6) is -1.03. The summed E-state index contributed by atoms with van der Waals surface area (Å²) in [6.45, 7) is 0. The molecule has 70 valence electrons. The SMILES string of the molecule is O=C(O)C(S)c1ccc(Cl)cc1Cl. The second-order valence-electron chi connectivity index (χ2n) is 2.41. The van der Waals surface area contributed by atoms with Crippen molar-refractivity contribution in [2.24, 2.45) is 0 Å². The first-order valence-electron chi connectivity index (χ1n) is 3.38. The fourth-order valence-electron chi connectivity index (χ4n) is 0.856. The van der Waals surface area contributed by atoms with E-state index in [1.807, 2.05) is 0 Å². The van der Waals surface area contributed by atoms with Crippen molar-refractivity contribution in [3.63, 3.8) is 0 Å². The summed E-state index contributed by atoms with van der Waals surface area (Å²) >= 11 is 15.3. The van der Waals surface area contributed by atoms with Crippen molar-refractivity contribution in [1.82, 2.24) is 0 Å². The topological polar surface area (TPSA) is 37.3 Å². The van der Waals surface area contributed by atoms with Gasteiger partial charge in [0.25, 0.3) is 0 Å². The highest BCUT2D eigenvalue weighted by molar-refractivity contribution is 7.81. The Morgan fingerprint density at radius 3 is 2.54 bits per heavy atom. The molecule has 1 aromatic carbocycles. The molecule has 0 bridgehead atoms. The van der Waals surface area contributed by atoms with Crippen LogP contribution in [0, 0.1) is 0 Å². The van der Waals surface area contributed by atoms with Gasteiger partial charge < -0.3 is 5.11 Å². The second kappa shape index (κ2) is 4.22. The highest BCUT2D eigenvalue weighted by atomic mass is 35.5. The fraction of sp³-hybridized carbons (Fsp3) is 0.125. The van der Waals surface area contributed by atoms with Gasteiger partial charge in [0.1, 0.15) is 5.25 Å². The van der Waals surface area contributed by atoms with Crippen LogP contribution in [0.25, 0.3) is 0 Å². The molecule has 0 heterocycles. The largest absolute Gasteiger partial charge is 0.480 e. The van der Waals surface area contributed by atoms with Gasteiger partial charge in [0.15, 0.2) is 0 Å². The van der Waals surface area contributed by atoms with Gasteiger partial charge in [0.05, 0.1) is 0 Å². The number of halogens is 2. The minimum Gasteiger partial charge on any atom is -0.480 e. The smallest absolute Gasteiger partial charge is 0.320 e. The molecule has 5 heteroatoms. The molecule has 0 saturated heterocycles. The van der Waals surface area contributed by atoms with Crippen molar-refractivity contribution in [3.8, 4) is 0 Å². The molecule has 1 atom stereocenters. The Kier molecular flexibility index (Phi) is 3.47. The summed E-state index contributed by atoms with van der Waals surface area (Å²) in [5, 5.41) is 8.54. The molecule has 1 aromatic rings. The summed E-state index contributed by atoms with van der Waals surface area (Å²) in [6, 6.07) is 4.62. The van der Waals surface area contributed by atoms with E-state index in [2.05, 4.69) is 12.6 Å². The number of rotatable bonds is 2. The molecule has 0 aliphatic heterocycles. The summed E-state index contributed by atoms with van der Waals surface area (Å²) in [4.78, 5) is 10.6. The van der Waals surface area contributed by atoms with Gasteiger partial charge in [-0.2, -0.15) is 12.6 Å². The third-order valence-electron chi connectivity index (χ3n) is 1.49. The molecule has 0 amide bonds. The zero-order valence-electron chi connectivity index (χ0n) is 6.37. The van der Waals surface area contributed by atoms with Crippen LogP contribution >= 0.6 is 35.8 Å². The zero-order chi connectivity index (χ0) is 10.0. The molecular formula is C8H6Cl2O2S. The Morgan fingerprint density at radius 2 is 2.08 bits per heavy atom. The van der Waals surface area contributed by atoms with Crippen LogP contribution in [0.15, 0.2) is 18.2 Å². The monoisotopic (exact) mass is 236 g/mol. The van der Waals surface area contributed by atoms with E-state index in [-0.39, 0.29) is 0 Å². The average molecular weight is 237 g/mol. The van der Waals surface area contributed by atoms with Crippen LogP contribution in [-0.4, -0.2) is 11.1 Å². The molecular weight excluding hydrogens is 231 g/mol. The van der Waals surface area contributed by atoms with Crippen LogP contribution in [0.2, 0.25) is 10.0 Å². The summed E-state index contributed by atoms with van der Waals surface area (Å²) in [5.41, 5.74) is 0.446. The van der Waals surface area contributed by atoms with Gasteiger partial charge in [-0.25, -0.2) is 0 Å². The molecule has 0 radical (unpaired) electrons. The van der Waals surface area contributed by atoms with Crippen molar-refractivity contribution in [3.05, 3.63) is 33.8 Å². The van der Waals surface area contributed by atoms with Crippen molar-refractivity contribution in [1.29, 1.82) is 0 Å². The first-order valence-corrected chi connectivity index (χ1v) is 4.65. The maximum Gasteiger partial charge on any atom is 0.320 e. The lowest BCUT2D eigenvalue weighted by molar-refractivity contribution is -0.136. The minimum atomic E-state index is -1.03. The Hall–Kier alpha value is -0.380. The van der Waals surface area contributed by atoms with E-state index in [4.69, 9.17) is 28.3 Å². The van der Waals surface area contributed by atoms with E-state index >= 15 is 0 Å². The number of hydrogen-bond acceptors (Lipinski definition) is 2. The van der Waals surface area contributed by atoms with Crippen LogP contribution in [0.3, 0.4) is 0 Å². The maximum absolute atomic E-state index is 10.6. The van der Waals surface area contributed by atoms with Gasteiger partial charge in [-0.3, -0.25) is 4.79 Å². The minimum absolute atomic E-state index is 0.315. The van der Waals surface area contributed by atoms with Crippen LogP contribution in [0.5, 0.6) is 0 Å². The Bertz CT molecular complexity index is 341. The average Bonchev–Trinajstić information content (AvgIpc) is 2.03. The predicted molar refractivity (Wildman–Crippen MR) is 55.8 cm³/mol. The predicted octanol–water partition coefficient (Wildman–Crippen LogP) is 3.05. The maximum atomic E-state index is 10.6. The van der Waals surface area contributed by atoms with Crippen LogP contribution in [0.1, 0.15) is 10.8 Å². The number of carboxylic acids is 1. The van der Waals surface area contributed by atoms with Crippen molar-refractivity contribution in [2.75, 3.05) is 0 Å². The number of carboxylic acid groups (broad SMARTS) is 1. The fourth-order valence-corrected chi connectivity index (χ4v) is 1.68. The Morgan fingerprint density at radius 1 is 1.46 bits per heavy atom. The third kappa shape index (κ3) is 2.53. The normalized spacial score (nSPS) is 12.5. The number of carbonyl (C=O) groups is 1. The van der Waals surface area contributed by atoms with E-state index < -0.39 is 11.2 Å². The molecule has 0 spiro atoms. The van der Waals surface area contributed by atoms with E-state index in [9.17, 15) is 4.79 Å². The van der Waals surface area contributed by atoms with Gasteiger partial charge in [0, 0.05) is 10.0 Å². The Labute approximate surface area is 90.9 Å². The van der Waals surface area contributed by atoms with Crippen molar-refractivity contribution >= 4 is 41.8 Å².